The average molecular weight is 305 g/mol. The molecule has 0 aliphatic rings. The molecule has 0 bridgehead atoms. The van der Waals surface area contributed by atoms with E-state index in [0.29, 0.717) is 25.3 Å². The molecular formula is C14H18F3NO3. The minimum absolute atomic E-state index is 0.157. The van der Waals surface area contributed by atoms with Gasteiger partial charge in [-0.2, -0.15) is 13.2 Å². The van der Waals surface area contributed by atoms with Crippen LogP contribution < -0.4 is 4.74 Å². The molecule has 7 heteroatoms. The van der Waals surface area contributed by atoms with Gasteiger partial charge >= 0.3 is 12.1 Å². The lowest BCUT2D eigenvalue weighted by molar-refractivity contribution is -0.145. The van der Waals surface area contributed by atoms with E-state index in [1.807, 2.05) is 0 Å². The third-order valence-corrected chi connectivity index (χ3v) is 2.84. The lowest BCUT2D eigenvalue weighted by Crippen LogP contribution is -2.35. The highest BCUT2D eigenvalue weighted by Crippen LogP contribution is 2.16. The first-order chi connectivity index (χ1) is 9.81. The first-order valence-corrected chi connectivity index (χ1v) is 6.57. The van der Waals surface area contributed by atoms with E-state index >= 15 is 0 Å². The molecule has 0 aromatic heterocycles. The summed E-state index contributed by atoms with van der Waals surface area (Å²) >= 11 is 0. The van der Waals surface area contributed by atoms with Crippen molar-refractivity contribution in [2.45, 2.75) is 19.5 Å². The van der Waals surface area contributed by atoms with Crippen LogP contribution >= 0.6 is 0 Å². The summed E-state index contributed by atoms with van der Waals surface area (Å²) in [7, 11) is 0. The van der Waals surface area contributed by atoms with Gasteiger partial charge in [-0.15, -0.1) is 0 Å². The quantitative estimate of drug-likeness (QED) is 0.750. The number of nitrogens with zero attached hydrogens (tertiary/aromatic N) is 1. The maximum atomic E-state index is 12.2. The molecule has 0 amide bonds. The van der Waals surface area contributed by atoms with E-state index in [2.05, 4.69) is 0 Å². The molecular weight excluding hydrogens is 287 g/mol. The van der Waals surface area contributed by atoms with E-state index in [-0.39, 0.29) is 12.2 Å². The fourth-order valence-electron chi connectivity index (χ4n) is 1.77. The molecule has 0 atom stereocenters. The Kier molecular flexibility index (Phi) is 6.48. The average Bonchev–Trinajstić information content (AvgIpc) is 2.41. The molecule has 0 radical (unpaired) electrons. The summed E-state index contributed by atoms with van der Waals surface area (Å²) in [6, 6.07) is 5.88. The number of carbonyl (C=O) groups is 1. The predicted octanol–water partition coefficient (Wildman–Crippen LogP) is 3.04. The molecule has 4 nitrogen and oxygen atoms in total. The van der Waals surface area contributed by atoms with Crippen molar-refractivity contribution in [3.05, 3.63) is 29.8 Å². The SMILES string of the molecule is CCN(CCCOc1ccc(C(=O)O)cc1)CC(F)(F)F. The summed E-state index contributed by atoms with van der Waals surface area (Å²) in [6.07, 6.45) is -3.73. The van der Waals surface area contributed by atoms with Crippen molar-refractivity contribution in [2.24, 2.45) is 0 Å². The second-order valence-corrected chi connectivity index (χ2v) is 4.52. The minimum Gasteiger partial charge on any atom is -0.494 e. The summed E-state index contributed by atoms with van der Waals surface area (Å²) in [4.78, 5) is 12.0. The molecule has 1 rings (SSSR count). The van der Waals surface area contributed by atoms with Crippen LogP contribution in [0.1, 0.15) is 23.7 Å². The van der Waals surface area contributed by atoms with Crippen LogP contribution in [0.25, 0.3) is 0 Å². The zero-order valence-electron chi connectivity index (χ0n) is 11.7. The smallest absolute Gasteiger partial charge is 0.401 e. The highest BCUT2D eigenvalue weighted by Gasteiger charge is 2.29. The van der Waals surface area contributed by atoms with Crippen molar-refractivity contribution >= 4 is 5.97 Å². The van der Waals surface area contributed by atoms with Crippen molar-refractivity contribution in [1.29, 1.82) is 0 Å². The fourth-order valence-corrected chi connectivity index (χ4v) is 1.77. The third-order valence-electron chi connectivity index (χ3n) is 2.84. The van der Waals surface area contributed by atoms with E-state index in [4.69, 9.17) is 9.84 Å². The molecule has 1 aromatic rings. The summed E-state index contributed by atoms with van der Waals surface area (Å²) in [5, 5.41) is 8.73. The van der Waals surface area contributed by atoms with Crippen LogP contribution in [0.15, 0.2) is 24.3 Å². The summed E-state index contributed by atoms with van der Waals surface area (Å²) in [6.45, 7) is 1.66. The number of hydrogen-bond acceptors (Lipinski definition) is 3. The van der Waals surface area contributed by atoms with Crippen LogP contribution in [0.3, 0.4) is 0 Å². The molecule has 0 unspecified atom stereocenters. The molecule has 1 N–H and O–H groups in total. The van der Waals surface area contributed by atoms with Crippen molar-refractivity contribution < 1.29 is 27.8 Å². The number of hydrogen-bond donors (Lipinski definition) is 1. The van der Waals surface area contributed by atoms with Gasteiger partial charge in [0.2, 0.25) is 0 Å². The Morgan fingerprint density at radius 3 is 2.38 bits per heavy atom. The number of alkyl halides is 3. The van der Waals surface area contributed by atoms with Gasteiger partial charge < -0.3 is 9.84 Å². The normalized spacial score (nSPS) is 11.7. The first-order valence-electron chi connectivity index (χ1n) is 6.57. The first kappa shape index (κ1) is 17.3. The van der Waals surface area contributed by atoms with E-state index in [1.54, 1.807) is 6.92 Å². The Hall–Kier alpha value is -1.76. The van der Waals surface area contributed by atoms with E-state index in [0.717, 1.165) is 0 Å². The summed E-state index contributed by atoms with van der Waals surface area (Å²) in [5.41, 5.74) is 0.157. The molecule has 0 heterocycles. The van der Waals surface area contributed by atoms with Gasteiger partial charge in [-0.05, 0) is 37.2 Å². The predicted molar refractivity (Wildman–Crippen MR) is 71.7 cm³/mol. The van der Waals surface area contributed by atoms with Gasteiger partial charge in [0.1, 0.15) is 5.75 Å². The van der Waals surface area contributed by atoms with E-state index in [9.17, 15) is 18.0 Å². The maximum Gasteiger partial charge on any atom is 0.401 e. The van der Waals surface area contributed by atoms with Gasteiger partial charge in [0.05, 0.1) is 18.7 Å². The van der Waals surface area contributed by atoms with Crippen molar-refractivity contribution in [1.82, 2.24) is 4.90 Å². The second-order valence-electron chi connectivity index (χ2n) is 4.52. The Labute approximate surface area is 121 Å². The number of ether oxygens (including phenoxy) is 1. The van der Waals surface area contributed by atoms with Crippen molar-refractivity contribution in [2.75, 3.05) is 26.2 Å². The van der Waals surface area contributed by atoms with Crippen LogP contribution in [-0.4, -0.2) is 48.4 Å². The lowest BCUT2D eigenvalue weighted by Gasteiger charge is -2.21. The molecule has 118 valence electrons. The molecule has 21 heavy (non-hydrogen) atoms. The molecule has 0 saturated carbocycles. The van der Waals surface area contributed by atoms with Crippen LogP contribution in [0.2, 0.25) is 0 Å². The van der Waals surface area contributed by atoms with Crippen molar-refractivity contribution in [3.63, 3.8) is 0 Å². The van der Waals surface area contributed by atoms with E-state index in [1.165, 1.54) is 29.2 Å². The third kappa shape index (κ3) is 6.99. The standard InChI is InChI=1S/C14H18F3NO3/c1-2-18(10-14(15,16)17)8-3-9-21-12-6-4-11(5-7-12)13(19)20/h4-7H,2-3,8-10H2,1H3,(H,19,20). The van der Waals surface area contributed by atoms with Crippen LogP contribution in [0, 0.1) is 0 Å². The van der Waals surface area contributed by atoms with E-state index < -0.39 is 18.7 Å². The number of rotatable bonds is 8. The number of carboxylic acid groups (broad SMARTS) is 1. The molecule has 0 saturated heterocycles. The second kappa shape index (κ2) is 7.87. The van der Waals surface area contributed by atoms with Crippen LogP contribution in [0.5, 0.6) is 5.75 Å². The topological polar surface area (TPSA) is 49.8 Å². The Bertz CT molecular complexity index is 446. The minimum atomic E-state index is -4.19. The lowest BCUT2D eigenvalue weighted by atomic mass is 10.2. The molecule has 1 aromatic carbocycles. The van der Waals surface area contributed by atoms with Gasteiger partial charge in [0.15, 0.2) is 0 Å². The molecule has 0 spiro atoms. The maximum absolute atomic E-state index is 12.2. The van der Waals surface area contributed by atoms with Gasteiger partial charge in [0.25, 0.3) is 0 Å². The van der Waals surface area contributed by atoms with Crippen LogP contribution in [-0.2, 0) is 0 Å². The number of aromatic carboxylic acids is 1. The summed E-state index contributed by atoms with van der Waals surface area (Å²) < 4.78 is 42.1. The van der Waals surface area contributed by atoms with Gasteiger partial charge in [0, 0.05) is 6.54 Å². The van der Waals surface area contributed by atoms with Crippen LogP contribution in [0.4, 0.5) is 13.2 Å². The largest absolute Gasteiger partial charge is 0.494 e. The number of benzene rings is 1. The van der Waals surface area contributed by atoms with Gasteiger partial charge in [-0.3, -0.25) is 4.90 Å². The van der Waals surface area contributed by atoms with Crippen molar-refractivity contribution in [3.8, 4) is 5.75 Å². The highest BCUT2D eigenvalue weighted by molar-refractivity contribution is 5.87. The molecule has 0 aliphatic heterocycles. The molecule has 0 aliphatic carbocycles. The zero-order valence-corrected chi connectivity index (χ0v) is 11.7. The fraction of sp³-hybridized carbons (Fsp3) is 0.500. The van der Waals surface area contributed by atoms with Gasteiger partial charge in [-0.25, -0.2) is 4.79 Å². The molecule has 0 fully saturated rings. The zero-order chi connectivity index (χ0) is 15.9. The Balaban J connectivity index is 2.31. The Morgan fingerprint density at radius 1 is 1.29 bits per heavy atom. The Morgan fingerprint density at radius 2 is 1.90 bits per heavy atom. The number of carboxylic acids is 1. The summed E-state index contributed by atoms with van der Waals surface area (Å²) in [5.74, 6) is -0.522. The monoisotopic (exact) mass is 305 g/mol. The van der Waals surface area contributed by atoms with Gasteiger partial charge in [-0.1, -0.05) is 6.92 Å². The highest BCUT2D eigenvalue weighted by atomic mass is 19.4. The number of halogens is 3.